The molecule has 1 amide bonds. The van der Waals surface area contributed by atoms with Gasteiger partial charge in [0.25, 0.3) is 5.91 Å². The molecule has 2 atom stereocenters. The maximum atomic E-state index is 12.4. The number of amides is 1. The molecule has 1 N–H and O–H groups in total. The van der Waals surface area contributed by atoms with Crippen LogP contribution in [-0.2, 0) is 6.54 Å². The van der Waals surface area contributed by atoms with Gasteiger partial charge in [-0.05, 0) is 49.3 Å². The van der Waals surface area contributed by atoms with E-state index < -0.39 is 0 Å². The van der Waals surface area contributed by atoms with Crippen molar-refractivity contribution in [2.75, 3.05) is 0 Å². The lowest BCUT2D eigenvalue weighted by Crippen LogP contribution is -2.56. The Morgan fingerprint density at radius 1 is 1.25 bits per heavy atom. The zero-order chi connectivity index (χ0) is 16.4. The molecule has 2 bridgehead atoms. The largest absolute Gasteiger partial charge is 0.349 e. The number of pyridine rings is 1. The second kappa shape index (κ2) is 7.03. The molecule has 126 valence electrons. The van der Waals surface area contributed by atoms with Crippen LogP contribution in [0.5, 0.6) is 0 Å². The van der Waals surface area contributed by atoms with Crippen LogP contribution in [0.4, 0.5) is 0 Å². The van der Waals surface area contributed by atoms with Gasteiger partial charge in [-0.1, -0.05) is 12.5 Å². The molecule has 4 nitrogen and oxygen atoms in total. The quantitative estimate of drug-likeness (QED) is 0.926. The van der Waals surface area contributed by atoms with Crippen LogP contribution < -0.4 is 5.32 Å². The van der Waals surface area contributed by atoms with Crippen molar-refractivity contribution in [3.63, 3.8) is 0 Å². The molecule has 2 saturated heterocycles. The van der Waals surface area contributed by atoms with Gasteiger partial charge in [-0.2, -0.15) is 0 Å². The first-order chi connectivity index (χ1) is 11.8. The molecule has 2 aromatic rings. The first-order valence-electron chi connectivity index (χ1n) is 8.78. The molecule has 2 aliphatic rings. The molecule has 0 aliphatic carbocycles. The Labute approximate surface area is 146 Å². The first-order valence-corrected chi connectivity index (χ1v) is 9.66. The van der Waals surface area contributed by atoms with Crippen LogP contribution in [-0.4, -0.2) is 33.9 Å². The lowest BCUT2D eigenvalue weighted by Gasteiger charge is -2.49. The van der Waals surface area contributed by atoms with Gasteiger partial charge < -0.3 is 5.32 Å². The van der Waals surface area contributed by atoms with E-state index in [1.807, 2.05) is 23.5 Å². The number of hydrogen-bond acceptors (Lipinski definition) is 4. The highest BCUT2D eigenvalue weighted by atomic mass is 32.1. The highest BCUT2D eigenvalue weighted by molar-refractivity contribution is 7.09. The minimum Gasteiger partial charge on any atom is -0.349 e. The molecular formula is C19H23N3OS. The van der Waals surface area contributed by atoms with Crippen LogP contribution >= 0.6 is 11.3 Å². The van der Waals surface area contributed by atoms with Gasteiger partial charge in [-0.3, -0.25) is 14.7 Å². The van der Waals surface area contributed by atoms with Crippen LogP contribution in [0.2, 0.25) is 0 Å². The second-order valence-electron chi connectivity index (χ2n) is 6.87. The summed E-state index contributed by atoms with van der Waals surface area (Å²) in [7, 11) is 0. The summed E-state index contributed by atoms with van der Waals surface area (Å²) in [5.41, 5.74) is 0.656. The van der Waals surface area contributed by atoms with E-state index in [4.69, 9.17) is 0 Å². The van der Waals surface area contributed by atoms with E-state index in [0.717, 1.165) is 19.4 Å². The molecule has 2 aromatic heterocycles. The molecule has 4 rings (SSSR count). The van der Waals surface area contributed by atoms with Gasteiger partial charge in [0.1, 0.15) is 0 Å². The third kappa shape index (κ3) is 3.37. The van der Waals surface area contributed by atoms with Crippen molar-refractivity contribution in [2.24, 2.45) is 0 Å². The smallest absolute Gasteiger partial charge is 0.253 e. The molecular weight excluding hydrogens is 318 g/mol. The van der Waals surface area contributed by atoms with Gasteiger partial charge in [0.05, 0.1) is 5.56 Å². The van der Waals surface area contributed by atoms with E-state index in [1.54, 1.807) is 12.4 Å². The molecule has 5 heteroatoms. The lowest BCUT2D eigenvalue weighted by atomic mass is 9.81. The van der Waals surface area contributed by atoms with E-state index >= 15 is 0 Å². The normalized spacial score (nSPS) is 26.9. The number of fused-ring (bicyclic) bond motifs is 2. The fraction of sp³-hybridized carbons (Fsp3) is 0.474. The van der Waals surface area contributed by atoms with Crippen LogP contribution in [0, 0.1) is 0 Å². The van der Waals surface area contributed by atoms with Crippen LogP contribution in [0.1, 0.15) is 47.3 Å². The summed E-state index contributed by atoms with van der Waals surface area (Å²) >= 11 is 1.85. The Morgan fingerprint density at radius 3 is 2.75 bits per heavy atom. The van der Waals surface area contributed by atoms with E-state index in [1.165, 1.54) is 24.1 Å². The fourth-order valence-electron chi connectivity index (χ4n) is 4.20. The van der Waals surface area contributed by atoms with Crippen LogP contribution in [0.3, 0.4) is 0 Å². The van der Waals surface area contributed by atoms with Crippen molar-refractivity contribution >= 4 is 17.2 Å². The standard InChI is InChI=1S/C19H23N3OS/c23-19(14-4-2-8-20-12-14)21-15-10-16-5-1-6-17(11-15)22(16)13-18-7-3-9-24-18/h2-4,7-9,12,15-17H,1,5-6,10-11,13H2,(H,21,23). The Kier molecular flexibility index (Phi) is 4.63. The monoisotopic (exact) mass is 341 g/mol. The predicted molar refractivity (Wildman–Crippen MR) is 96.0 cm³/mol. The number of piperidine rings is 2. The number of carbonyl (C=O) groups excluding carboxylic acids is 1. The molecule has 0 radical (unpaired) electrons. The zero-order valence-electron chi connectivity index (χ0n) is 13.7. The number of thiophene rings is 1. The van der Waals surface area contributed by atoms with Gasteiger partial charge in [-0.25, -0.2) is 0 Å². The van der Waals surface area contributed by atoms with Crippen LogP contribution in [0.15, 0.2) is 42.0 Å². The predicted octanol–water partition coefficient (Wildman–Crippen LogP) is 3.46. The van der Waals surface area contributed by atoms with E-state index in [-0.39, 0.29) is 11.9 Å². The topological polar surface area (TPSA) is 45.2 Å². The van der Waals surface area contributed by atoms with Gasteiger partial charge >= 0.3 is 0 Å². The van der Waals surface area contributed by atoms with Crippen molar-refractivity contribution in [1.29, 1.82) is 0 Å². The van der Waals surface area contributed by atoms with Gasteiger partial charge in [0.2, 0.25) is 0 Å². The molecule has 24 heavy (non-hydrogen) atoms. The lowest BCUT2D eigenvalue weighted by molar-refractivity contribution is 0.0184. The van der Waals surface area contributed by atoms with E-state index in [2.05, 4.69) is 32.7 Å². The van der Waals surface area contributed by atoms with Crippen molar-refractivity contribution in [2.45, 2.75) is 56.8 Å². The van der Waals surface area contributed by atoms with E-state index in [9.17, 15) is 4.79 Å². The minimum atomic E-state index is 0.0119. The summed E-state index contributed by atoms with van der Waals surface area (Å²) in [5.74, 6) is 0.0119. The van der Waals surface area contributed by atoms with Crippen molar-refractivity contribution in [3.05, 3.63) is 52.5 Å². The summed E-state index contributed by atoms with van der Waals surface area (Å²) in [5, 5.41) is 5.40. The average Bonchev–Trinajstić information content (AvgIpc) is 3.09. The summed E-state index contributed by atoms with van der Waals surface area (Å²) in [6.45, 7) is 1.07. The maximum Gasteiger partial charge on any atom is 0.253 e. The first kappa shape index (κ1) is 15.8. The van der Waals surface area contributed by atoms with E-state index in [0.29, 0.717) is 17.6 Å². The Balaban J connectivity index is 1.41. The number of aromatic nitrogens is 1. The van der Waals surface area contributed by atoms with Crippen LogP contribution in [0.25, 0.3) is 0 Å². The number of carbonyl (C=O) groups is 1. The van der Waals surface area contributed by atoms with Crippen molar-refractivity contribution < 1.29 is 4.79 Å². The zero-order valence-corrected chi connectivity index (χ0v) is 14.5. The minimum absolute atomic E-state index is 0.0119. The van der Waals surface area contributed by atoms with Gasteiger partial charge in [-0.15, -0.1) is 11.3 Å². The Hall–Kier alpha value is -1.72. The van der Waals surface area contributed by atoms with Gasteiger partial charge in [0, 0.05) is 41.9 Å². The number of nitrogens with one attached hydrogen (secondary N) is 1. The maximum absolute atomic E-state index is 12.4. The molecule has 2 unspecified atom stereocenters. The average molecular weight is 341 g/mol. The third-order valence-electron chi connectivity index (χ3n) is 5.30. The molecule has 0 spiro atoms. The second-order valence-corrected chi connectivity index (χ2v) is 7.91. The molecule has 2 fully saturated rings. The Bertz CT molecular complexity index is 659. The fourth-order valence-corrected chi connectivity index (χ4v) is 4.92. The van der Waals surface area contributed by atoms with Crippen molar-refractivity contribution in [1.82, 2.24) is 15.2 Å². The third-order valence-corrected chi connectivity index (χ3v) is 6.16. The summed E-state index contributed by atoms with van der Waals surface area (Å²) in [4.78, 5) is 20.6. The molecule has 0 aromatic carbocycles. The number of hydrogen-bond donors (Lipinski definition) is 1. The molecule has 0 saturated carbocycles. The summed E-state index contributed by atoms with van der Waals surface area (Å²) in [6, 6.07) is 9.49. The molecule has 4 heterocycles. The van der Waals surface area contributed by atoms with Crippen molar-refractivity contribution in [3.8, 4) is 0 Å². The molecule has 2 aliphatic heterocycles. The van der Waals surface area contributed by atoms with Gasteiger partial charge in [0.15, 0.2) is 0 Å². The summed E-state index contributed by atoms with van der Waals surface area (Å²) < 4.78 is 0. The number of rotatable bonds is 4. The SMILES string of the molecule is O=C(NC1CC2CCCC(C1)N2Cc1cccs1)c1cccnc1. The summed E-state index contributed by atoms with van der Waals surface area (Å²) in [6.07, 6.45) is 9.29. The number of nitrogens with zero attached hydrogens (tertiary/aromatic N) is 2. The Morgan fingerprint density at radius 2 is 2.08 bits per heavy atom. The highest BCUT2D eigenvalue weighted by Crippen LogP contribution is 2.35. The highest BCUT2D eigenvalue weighted by Gasteiger charge is 2.38.